The van der Waals surface area contributed by atoms with Crippen LogP contribution in [0.15, 0.2) is 63.2 Å². The fourth-order valence-corrected chi connectivity index (χ4v) is 8.03. The van der Waals surface area contributed by atoms with Gasteiger partial charge in [0.15, 0.2) is 26.0 Å². The number of hydrogen-bond acceptors (Lipinski definition) is 10. The Morgan fingerprint density at radius 1 is 1.05 bits per heavy atom. The highest BCUT2D eigenvalue weighted by molar-refractivity contribution is 7.99. The van der Waals surface area contributed by atoms with Gasteiger partial charge in [-0.25, -0.2) is 4.21 Å². The van der Waals surface area contributed by atoms with Gasteiger partial charge in [-0.15, -0.1) is 11.8 Å². The predicted molar refractivity (Wildman–Crippen MR) is 167 cm³/mol. The van der Waals surface area contributed by atoms with Crippen LogP contribution in [0.2, 0.25) is 0 Å². The molecular weight excluding hydrogens is 628 g/mol. The van der Waals surface area contributed by atoms with E-state index < -0.39 is 24.7 Å². The van der Waals surface area contributed by atoms with Gasteiger partial charge in [-0.05, 0) is 62.7 Å². The smallest absolute Gasteiger partial charge is 0.380 e. The van der Waals surface area contributed by atoms with Crippen LogP contribution in [-0.4, -0.2) is 97.9 Å². The standard InChI is InChI=1S/C27H40F3N4O4PS3/c1-4-37-39(38-21-36-3)20-34-16-14-33(15-17-34)13-12-22(19-40-23-8-6-5-7-9-23)32-25-11-10-24(41-31-2)18-26(25)42(35)27(28,29)30/h5-11,18,22,31-32H,4,12-17,19-21H2,1-3H3. The van der Waals surface area contributed by atoms with Crippen molar-refractivity contribution in [2.75, 3.05) is 77.6 Å². The molecule has 3 rings (SSSR count). The first-order valence-electron chi connectivity index (χ1n) is 13.6. The average Bonchev–Trinajstić information content (AvgIpc) is 2.98. The zero-order valence-electron chi connectivity index (χ0n) is 24.1. The zero-order valence-corrected chi connectivity index (χ0v) is 27.4. The van der Waals surface area contributed by atoms with Crippen molar-refractivity contribution in [3.63, 3.8) is 0 Å². The van der Waals surface area contributed by atoms with E-state index in [1.54, 1.807) is 38.1 Å². The van der Waals surface area contributed by atoms with Gasteiger partial charge in [-0.3, -0.25) is 9.62 Å². The van der Waals surface area contributed by atoms with Crippen LogP contribution >= 0.6 is 32.1 Å². The maximum Gasteiger partial charge on any atom is 0.475 e. The highest BCUT2D eigenvalue weighted by Gasteiger charge is 2.39. The van der Waals surface area contributed by atoms with Crippen molar-refractivity contribution in [1.82, 2.24) is 14.5 Å². The Bertz CT molecular complexity index is 1090. The van der Waals surface area contributed by atoms with Crippen LogP contribution in [-0.2, 0) is 24.6 Å². The number of piperazine rings is 1. The van der Waals surface area contributed by atoms with E-state index in [0.29, 0.717) is 23.7 Å². The molecule has 0 amide bonds. The Morgan fingerprint density at radius 3 is 2.40 bits per heavy atom. The van der Waals surface area contributed by atoms with Gasteiger partial charge in [0.1, 0.15) is 0 Å². The molecule has 1 aliphatic rings. The monoisotopic (exact) mass is 668 g/mol. The van der Waals surface area contributed by atoms with Crippen molar-refractivity contribution in [2.45, 2.75) is 39.6 Å². The summed E-state index contributed by atoms with van der Waals surface area (Å²) in [4.78, 5) is 6.09. The van der Waals surface area contributed by atoms with E-state index in [-0.39, 0.29) is 23.4 Å². The quantitative estimate of drug-likeness (QED) is 0.0850. The summed E-state index contributed by atoms with van der Waals surface area (Å²) in [5, 5.41) is 3.33. The van der Waals surface area contributed by atoms with E-state index in [9.17, 15) is 17.4 Å². The van der Waals surface area contributed by atoms with Crippen LogP contribution in [0.5, 0.6) is 0 Å². The number of rotatable bonds is 18. The van der Waals surface area contributed by atoms with E-state index in [1.807, 2.05) is 37.3 Å². The third-order valence-electron chi connectivity index (χ3n) is 6.30. The van der Waals surface area contributed by atoms with Crippen molar-refractivity contribution < 1.29 is 31.2 Å². The van der Waals surface area contributed by atoms with Gasteiger partial charge >= 0.3 is 5.51 Å². The maximum atomic E-state index is 13.6. The SMILES string of the molecule is CCOP(CN1CCN(CCC(CSc2ccccc2)Nc2ccc(SNC)cc2S(=O)C(F)(F)F)CC1)OCOC. The molecule has 2 N–H and O–H groups in total. The van der Waals surface area contributed by atoms with Gasteiger partial charge < -0.3 is 24.0 Å². The van der Waals surface area contributed by atoms with Crippen LogP contribution in [0, 0.1) is 0 Å². The molecule has 0 spiro atoms. The first kappa shape index (κ1) is 35.5. The van der Waals surface area contributed by atoms with Crippen molar-refractivity contribution in [1.29, 1.82) is 0 Å². The Labute approximate surface area is 259 Å². The van der Waals surface area contributed by atoms with Crippen LogP contribution < -0.4 is 10.0 Å². The number of thioether (sulfide) groups is 1. The summed E-state index contributed by atoms with van der Waals surface area (Å²) >= 11 is 2.82. The summed E-state index contributed by atoms with van der Waals surface area (Å²) in [5.74, 6) is 0.643. The molecule has 0 bridgehead atoms. The molecule has 15 heteroatoms. The highest BCUT2D eigenvalue weighted by atomic mass is 32.2. The second kappa shape index (κ2) is 18.8. The summed E-state index contributed by atoms with van der Waals surface area (Å²) in [6, 6.07) is 14.4. The van der Waals surface area contributed by atoms with Crippen molar-refractivity contribution in [3.05, 3.63) is 48.5 Å². The normalized spacial score (nSPS) is 17.2. The summed E-state index contributed by atoms with van der Waals surface area (Å²) in [7, 11) is -0.925. The molecule has 0 aromatic heterocycles. The van der Waals surface area contributed by atoms with Gasteiger partial charge in [0.05, 0.1) is 23.5 Å². The Kier molecular flexibility index (Phi) is 15.9. The molecule has 1 aliphatic heterocycles. The highest BCUT2D eigenvalue weighted by Crippen LogP contribution is 2.39. The number of nitrogens with zero attached hydrogens (tertiary/aromatic N) is 2. The minimum absolute atomic E-state index is 0.145. The third-order valence-corrected chi connectivity index (χ3v) is 10.9. The summed E-state index contributed by atoms with van der Waals surface area (Å²) in [6.07, 6.45) is 1.44. The van der Waals surface area contributed by atoms with Gasteiger partial charge in [0.25, 0.3) is 0 Å². The van der Waals surface area contributed by atoms with Crippen LogP contribution in [0.4, 0.5) is 18.9 Å². The molecular formula is C27H40F3N4O4PS3. The van der Waals surface area contributed by atoms with E-state index >= 15 is 0 Å². The number of anilines is 1. The molecule has 1 heterocycles. The topological polar surface area (TPSA) is 75.3 Å². The van der Waals surface area contributed by atoms with Crippen molar-refractivity contribution in [3.8, 4) is 0 Å². The summed E-state index contributed by atoms with van der Waals surface area (Å²) < 4.78 is 72.5. The number of nitrogens with one attached hydrogen (secondary N) is 2. The molecule has 236 valence electrons. The van der Waals surface area contributed by atoms with Crippen LogP contribution in [0.25, 0.3) is 0 Å². The third kappa shape index (κ3) is 12.2. The van der Waals surface area contributed by atoms with Crippen molar-refractivity contribution >= 4 is 48.6 Å². The van der Waals surface area contributed by atoms with Crippen molar-refractivity contribution in [2.24, 2.45) is 0 Å². The van der Waals surface area contributed by atoms with Gasteiger partial charge in [0.2, 0.25) is 0 Å². The number of benzene rings is 2. The number of ether oxygens (including phenoxy) is 1. The first-order chi connectivity index (χ1) is 20.2. The molecule has 0 radical (unpaired) electrons. The van der Waals surface area contributed by atoms with Gasteiger partial charge in [-0.1, -0.05) is 18.2 Å². The fraction of sp³-hybridized carbons (Fsp3) is 0.556. The number of halogens is 3. The predicted octanol–water partition coefficient (Wildman–Crippen LogP) is 6.05. The first-order valence-corrected chi connectivity index (χ1v) is 17.9. The molecule has 8 nitrogen and oxygen atoms in total. The minimum Gasteiger partial charge on any atom is -0.380 e. The maximum absolute atomic E-state index is 13.6. The number of methoxy groups -OCH3 is 1. The molecule has 0 aliphatic carbocycles. The Balaban J connectivity index is 1.66. The Morgan fingerprint density at radius 2 is 1.76 bits per heavy atom. The lowest BCUT2D eigenvalue weighted by Crippen LogP contribution is -2.47. The fourth-order valence-electron chi connectivity index (χ4n) is 4.24. The lowest BCUT2D eigenvalue weighted by Gasteiger charge is -2.36. The number of alkyl halides is 3. The molecule has 0 saturated carbocycles. The Hall–Kier alpha value is -0.930. The summed E-state index contributed by atoms with van der Waals surface area (Å²) in [5.41, 5.74) is -4.61. The molecule has 3 unspecified atom stereocenters. The molecule has 42 heavy (non-hydrogen) atoms. The van der Waals surface area contributed by atoms with Crippen LogP contribution in [0.1, 0.15) is 13.3 Å². The number of hydrogen-bond donors (Lipinski definition) is 2. The second-order valence-electron chi connectivity index (χ2n) is 9.32. The molecule has 1 fully saturated rings. The minimum atomic E-state index is -4.86. The zero-order chi connectivity index (χ0) is 30.4. The molecule has 1 saturated heterocycles. The van der Waals surface area contributed by atoms with E-state index in [1.165, 1.54) is 18.0 Å². The second-order valence-corrected chi connectivity index (χ2v) is 14.4. The van der Waals surface area contributed by atoms with E-state index in [4.69, 9.17) is 13.8 Å². The lowest BCUT2D eigenvalue weighted by molar-refractivity contribution is -0.0384. The van der Waals surface area contributed by atoms with Gasteiger partial charge in [-0.2, -0.15) is 13.2 Å². The largest absolute Gasteiger partial charge is 0.475 e. The molecule has 2 aromatic carbocycles. The van der Waals surface area contributed by atoms with E-state index in [0.717, 1.165) is 43.9 Å². The average molecular weight is 669 g/mol. The molecule has 2 aromatic rings. The molecule has 3 atom stereocenters. The van der Waals surface area contributed by atoms with Crippen LogP contribution in [0.3, 0.4) is 0 Å². The lowest BCUT2D eigenvalue weighted by atomic mass is 10.2. The van der Waals surface area contributed by atoms with E-state index in [2.05, 4.69) is 19.8 Å². The summed E-state index contributed by atoms with van der Waals surface area (Å²) in [6.45, 7) is 7.01. The van der Waals surface area contributed by atoms with Gasteiger partial charge in [0, 0.05) is 61.4 Å².